The first kappa shape index (κ1) is 25.7. The molecule has 2 aromatic heterocycles. The Hall–Kier alpha value is -3.99. The fourth-order valence-electron chi connectivity index (χ4n) is 5.28. The lowest BCUT2D eigenvalue weighted by molar-refractivity contribution is -0.159. The van der Waals surface area contributed by atoms with Crippen molar-refractivity contribution < 1.29 is 33.1 Å². The minimum Gasteiger partial charge on any atom is -0.496 e. The molecule has 0 aliphatic carbocycles. The van der Waals surface area contributed by atoms with Crippen molar-refractivity contribution >= 4 is 39.9 Å². The van der Waals surface area contributed by atoms with Gasteiger partial charge >= 0.3 is 11.9 Å². The summed E-state index contributed by atoms with van der Waals surface area (Å²) in [6.07, 6.45) is 3.74. The van der Waals surface area contributed by atoms with Crippen LogP contribution in [0.2, 0.25) is 0 Å². The minimum absolute atomic E-state index is 0.0941. The number of para-hydroxylation sites is 1. The third kappa shape index (κ3) is 4.07. The summed E-state index contributed by atoms with van der Waals surface area (Å²) >= 11 is 1.31. The van der Waals surface area contributed by atoms with Crippen molar-refractivity contribution in [1.82, 2.24) is 9.88 Å². The Morgan fingerprint density at radius 3 is 2.55 bits per heavy atom. The molecule has 2 aliphatic heterocycles. The largest absolute Gasteiger partial charge is 0.496 e. The summed E-state index contributed by atoms with van der Waals surface area (Å²) in [5.41, 5.74) is 0.797. The number of anilines is 1. The van der Waals surface area contributed by atoms with E-state index >= 15 is 0 Å². The molecule has 3 aromatic rings. The van der Waals surface area contributed by atoms with Crippen LogP contribution in [0, 0.1) is 12.3 Å². The second kappa shape index (κ2) is 10.1. The Kier molecular flexibility index (Phi) is 6.78. The fraction of sp³-hybridized carbons (Fsp3) is 0.370. The molecule has 1 spiro atoms. The van der Waals surface area contributed by atoms with Crippen LogP contribution in [0.4, 0.5) is 5.00 Å². The number of Topliss-reactive ketones (excluding diaryl/α,β-unsaturated/α-hetero) is 1. The second-order valence-electron chi connectivity index (χ2n) is 9.29. The maximum absolute atomic E-state index is 14.2. The summed E-state index contributed by atoms with van der Waals surface area (Å²) in [6, 6.07) is 7.61. The number of hydrogen-bond donors (Lipinski definition) is 0. The number of methoxy groups -OCH3 is 2. The summed E-state index contributed by atoms with van der Waals surface area (Å²) in [7, 11) is 2.75. The molecule has 0 radical (unpaired) electrons. The molecular weight excluding hydrogens is 510 g/mol. The van der Waals surface area contributed by atoms with E-state index in [2.05, 4.69) is 9.72 Å². The van der Waals surface area contributed by atoms with Crippen molar-refractivity contribution in [2.45, 2.75) is 26.2 Å². The lowest BCUT2D eigenvalue weighted by Gasteiger charge is -2.44. The van der Waals surface area contributed by atoms with E-state index in [0.29, 0.717) is 39.9 Å². The number of aromatic nitrogens is 1. The molecule has 0 saturated carbocycles. The molecule has 2 amide bonds. The van der Waals surface area contributed by atoms with Crippen LogP contribution in [-0.2, 0) is 25.5 Å². The summed E-state index contributed by atoms with van der Waals surface area (Å²) in [5, 5.41) is 0.569. The number of rotatable bonds is 5. The van der Waals surface area contributed by atoms with Gasteiger partial charge in [-0.2, -0.15) is 0 Å². The van der Waals surface area contributed by atoms with Crippen molar-refractivity contribution in [1.29, 1.82) is 0 Å². The van der Waals surface area contributed by atoms with Gasteiger partial charge in [0.2, 0.25) is 11.8 Å². The van der Waals surface area contributed by atoms with Crippen LogP contribution in [0.15, 0.2) is 41.1 Å². The minimum atomic E-state index is -1.33. The zero-order chi connectivity index (χ0) is 27.0. The number of amides is 2. The van der Waals surface area contributed by atoms with Crippen molar-refractivity contribution in [3.63, 3.8) is 0 Å². The smallest absolute Gasteiger partial charge is 0.396 e. The van der Waals surface area contributed by atoms with Gasteiger partial charge in [-0.3, -0.25) is 14.4 Å². The number of benzene rings is 1. The first-order valence-corrected chi connectivity index (χ1v) is 13.0. The van der Waals surface area contributed by atoms with Gasteiger partial charge in [-0.05, 0) is 43.4 Å². The van der Waals surface area contributed by atoms with E-state index in [1.807, 2.05) is 31.2 Å². The quantitative estimate of drug-likeness (QED) is 0.276. The molecule has 0 N–H and O–H groups in total. The number of nitrogens with zero attached hydrogens (tertiary/aromatic N) is 3. The molecule has 0 atom stereocenters. The maximum Gasteiger partial charge on any atom is 0.396 e. The number of carbonyl (C=O) groups is 4. The molecule has 11 heteroatoms. The van der Waals surface area contributed by atoms with E-state index in [1.165, 1.54) is 28.7 Å². The molecule has 1 aromatic carbocycles. The normalized spacial score (nSPS) is 16.5. The molecule has 0 unspecified atom stereocenters. The number of esters is 1. The number of carbonyl (C=O) groups excluding carboxylic acids is 4. The predicted molar refractivity (Wildman–Crippen MR) is 138 cm³/mol. The van der Waals surface area contributed by atoms with Gasteiger partial charge in [0.15, 0.2) is 5.78 Å². The highest BCUT2D eigenvalue weighted by Gasteiger charge is 2.56. The third-order valence-electron chi connectivity index (χ3n) is 7.38. The zero-order valence-electron chi connectivity index (χ0n) is 21.3. The molecule has 10 nitrogen and oxygen atoms in total. The van der Waals surface area contributed by atoms with E-state index in [-0.39, 0.29) is 37.6 Å². The Morgan fingerprint density at radius 2 is 1.89 bits per heavy atom. The van der Waals surface area contributed by atoms with Gasteiger partial charge in [0.1, 0.15) is 22.4 Å². The van der Waals surface area contributed by atoms with Gasteiger partial charge < -0.3 is 23.7 Å². The Morgan fingerprint density at radius 1 is 1.16 bits per heavy atom. The van der Waals surface area contributed by atoms with Crippen LogP contribution in [0.5, 0.6) is 5.75 Å². The van der Waals surface area contributed by atoms with Gasteiger partial charge in [0.05, 0.1) is 30.9 Å². The predicted octanol–water partition coefficient (Wildman–Crippen LogP) is 3.27. The highest BCUT2D eigenvalue weighted by Crippen LogP contribution is 2.51. The molecule has 1 fully saturated rings. The van der Waals surface area contributed by atoms with Crippen molar-refractivity contribution in [2.75, 3.05) is 38.8 Å². The van der Waals surface area contributed by atoms with Crippen LogP contribution in [0.3, 0.4) is 0 Å². The molecule has 198 valence electrons. The monoisotopic (exact) mass is 537 g/mol. The zero-order valence-corrected chi connectivity index (χ0v) is 22.1. The van der Waals surface area contributed by atoms with E-state index in [9.17, 15) is 19.2 Å². The van der Waals surface area contributed by atoms with Crippen LogP contribution in [0.25, 0.3) is 10.8 Å². The lowest BCUT2D eigenvalue weighted by atomic mass is 9.69. The maximum atomic E-state index is 14.2. The number of likely N-dealkylation sites (tertiary alicyclic amines) is 1. The van der Waals surface area contributed by atoms with Crippen LogP contribution >= 0.6 is 11.3 Å². The molecule has 5 rings (SSSR count). The number of hydrogen-bond acceptors (Lipinski definition) is 9. The van der Waals surface area contributed by atoms with E-state index in [4.69, 9.17) is 9.15 Å². The molecule has 0 bridgehead atoms. The topological polar surface area (TPSA) is 119 Å². The molecule has 1 saturated heterocycles. The standard InChI is InChI=1S/C27H27N3O7S/c1-16-19-21(31)27(9-13-29(14-10-27)23(32)25(33)36-3)26(34)30(12-8-17-6-4-5-7-18(17)35-2)24(19)38-20(16)22-28-11-15-37-22/h4-7,11,15H,8-10,12-14H2,1-3H3. The van der Waals surface area contributed by atoms with Crippen molar-refractivity contribution in [3.05, 3.63) is 53.4 Å². The third-order valence-corrected chi connectivity index (χ3v) is 8.68. The first-order chi connectivity index (χ1) is 18.3. The summed E-state index contributed by atoms with van der Waals surface area (Å²) < 4.78 is 15.6. The van der Waals surface area contributed by atoms with Gasteiger partial charge in [-0.25, -0.2) is 9.78 Å². The Balaban J connectivity index is 1.53. The fourth-order valence-corrected chi connectivity index (χ4v) is 6.54. The van der Waals surface area contributed by atoms with Crippen LogP contribution in [-0.4, -0.2) is 67.3 Å². The summed E-state index contributed by atoms with van der Waals surface area (Å²) in [5.74, 6) is -1.19. The van der Waals surface area contributed by atoms with Crippen LogP contribution < -0.4 is 9.64 Å². The van der Waals surface area contributed by atoms with Gasteiger partial charge in [-0.1, -0.05) is 18.2 Å². The van der Waals surface area contributed by atoms with Crippen molar-refractivity contribution in [2.24, 2.45) is 5.41 Å². The number of piperidine rings is 1. The van der Waals surface area contributed by atoms with Gasteiger partial charge in [-0.15, -0.1) is 11.3 Å². The van der Waals surface area contributed by atoms with E-state index in [0.717, 1.165) is 18.4 Å². The van der Waals surface area contributed by atoms with Gasteiger partial charge in [0.25, 0.3) is 0 Å². The SMILES string of the molecule is COC(=O)C(=O)N1CCC2(CC1)C(=O)c1c(sc(-c3ncco3)c1C)N(CCc1ccccc1OC)C2=O. The molecule has 4 heterocycles. The summed E-state index contributed by atoms with van der Waals surface area (Å²) in [4.78, 5) is 60.4. The van der Waals surface area contributed by atoms with Crippen LogP contribution in [0.1, 0.15) is 34.3 Å². The number of thiophene rings is 1. The van der Waals surface area contributed by atoms with E-state index < -0.39 is 17.3 Å². The number of fused-ring (bicyclic) bond motifs is 1. The van der Waals surface area contributed by atoms with E-state index in [1.54, 1.807) is 12.0 Å². The number of ketones is 1. The number of oxazole rings is 1. The molecule has 2 aliphatic rings. The van der Waals surface area contributed by atoms with Gasteiger partial charge in [0, 0.05) is 19.6 Å². The first-order valence-electron chi connectivity index (χ1n) is 12.2. The average Bonchev–Trinajstić information content (AvgIpc) is 3.59. The highest BCUT2D eigenvalue weighted by molar-refractivity contribution is 7.20. The lowest BCUT2D eigenvalue weighted by Crippen LogP contribution is -2.58. The Bertz CT molecular complexity index is 1400. The van der Waals surface area contributed by atoms with Crippen molar-refractivity contribution in [3.8, 4) is 16.5 Å². The number of ether oxygens (including phenoxy) is 2. The average molecular weight is 538 g/mol. The molecular formula is C27H27N3O7S. The molecule has 38 heavy (non-hydrogen) atoms. The Labute approximate surface area is 223 Å². The highest BCUT2D eigenvalue weighted by atomic mass is 32.1. The second-order valence-corrected chi connectivity index (χ2v) is 10.3. The summed E-state index contributed by atoms with van der Waals surface area (Å²) in [6.45, 7) is 2.36.